The molecule has 0 saturated heterocycles. The van der Waals surface area contributed by atoms with Crippen molar-refractivity contribution in [1.82, 2.24) is 10.9 Å². The van der Waals surface area contributed by atoms with Gasteiger partial charge < -0.3 is 5.73 Å². The molecule has 3 nitrogen and oxygen atoms in total. The van der Waals surface area contributed by atoms with E-state index in [1.54, 1.807) is 0 Å². The highest BCUT2D eigenvalue weighted by Crippen LogP contribution is 1.64. The molecular weight excluding hydrogens is 122 g/mol. The van der Waals surface area contributed by atoms with Crippen molar-refractivity contribution >= 4 is 17.3 Å². The van der Waals surface area contributed by atoms with Crippen LogP contribution in [0.1, 0.15) is 13.3 Å². The van der Waals surface area contributed by atoms with Gasteiger partial charge in [-0.05, 0) is 18.6 Å². The lowest BCUT2D eigenvalue weighted by molar-refractivity contribution is 0.642. The minimum absolute atomic E-state index is 0.290. The van der Waals surface area contributed by atoms with Gasteiger partial charge >= 0.3 is 0 Å². The molecule has 4 heteroatoms. The maximum Gasteiger partial charge on any atom is 0.178 e. The Bertz CT molecular complexity index is 73.7. The van der Waals surface area contributed by atoms with E-state index < -0.39 is 0 Å². The fraction of sp³-hybridized carbons (Fsp3) is 0.750. The molecule has 0 unspecified atom stereocenters. The minimum Gasteiger partial charge on any atom is -0.375 e. The quantitative estimate of drug-likeness (QED) is 0.282. The second-order valence-corrected chi connectivity index (χ2v) is 1.86. The Morgan fingerprint density at radius 1 is 1.75 bits per heavy atom. The maximum absolute atomic E-state index is 5.09. The van der Waals surface area contributed by atoms with E-state index in [2.05, 4.69) is 30.0 Å². The van der Waals surface area contributed by atoms with Gasteiger partial charge in [-0.25, -0.2) is 5.43 Å². The van der Waals surface area contributed by atoms with Gasteiger partial charge in [0, 0.05) is 6.54 Å². The van der Waals surface area contributed by atoms with Crippen molar-refractivity contribution in [2.45, 2.75) is 13.3 Å². The molecular formula is C4H11N3S. The first-order chi connectivity index (χ1) is 3.77. The fourth-order valence-corrected chi connectivity index (χ4v) is 0.347. The van der Waals surface area contributed by atoms with Gasteiger partial charge in [-0.2, -0.15) is 0 Å². The zero-order valence-electron chi connectivity index (χ0n) is 4.90. The van der Waals surface area contributed by atoms with Crippen LogP contribution in [0.2, 0.25) is 0 Å². The predicted octanol–water partition coefficient (Wildman–Crippen LogP) is -0.266. The van der Waals surface area contributed by atoms with Gasteiger partial charge in [0.1, 0.15) is 0 Å². The summed E-state index contributed by atoms with van der Waals surface area (Å²) in [5, 5.41) is 0.290. The molecule has 0 aliphatic heterocycles. The summed E-state index contributed by atoms with van der Waals surface area (Å²) in [6, 6.07) is 0. The van der Waals surface area contributed by atoms with E-state index in [4.69, 9.17) is 5.73 Å². The van der Waals surface area contributed by atoms with E-state index in [0.717, 1.165) is 13.0 Å². The molecule has 0 spiro atoms. The highest BCUT2D eigenvalue weighted by Gasteiger charge is 1.80. The van der Waals surface area contributed by atoms with Crippen molar-refractivity contribution < 1.29 is 0 Å². The molecule has 0 atom stereocenters. The molecule has 0 heterocycles. The first-order valence-corrected chi connectivity index (χ1v) is 2.96. The number of hydrazine groups is 1. The molecule has 0 fully saturated rings. The fourth-order valence-electron chi connectivity index (χ4n) is 0.275. The average molecular weight is 133 g/mol. The van der Waals surface area contributed by atoms with Crippen LogP contribution in [0.25, 0.3) is 0 Å². The topological polar surface area (TPSA) is 50.1 Å². The summed E-state index contributed by atoms with van der Waals surface area (Å²) in [5.41, 5.74) is 10.5. The third-order valence-electron chi connectivity index (χ3n) is 0.587. The molecule has 48 valence electrons. The van der Waals surface area contributed by atoms with E-state index in [9.17, 15) is 0 Å². The molecule has 0 aliphatic rings. The average Bonchev–Trinajstić information content (AvgIpc) is 1.66. The molecule has 8 heavy (non-hydrogen) atoms. The molecule has 0 aromatic carbocycles. The lowest BCUT2D eigenvalue weighted by atomic mass is 10.5. The molecule has 0 amide bonds. The molecule has 0 aromatic rings. The van der Waals surface area contributed by atoms with Gasteiger partial charge in [0.05, 0.1) is 0 Å². The third kappa shape index (κ3) is 5.65. The van der Waals surface area contributed by atoms with Crippen LogP contribution in [0.5, 0.6) is 0 Å². The van der Waals surface area contributed by atoms with Gasteiger partial charge in [-0.15, -0.1) is 0 Å². The van der Waals surface area contributed by atoms with Crippen molar-refractivity contribution in [2.75, 3.05) is 6.54 Å². The van der Waals surface area contributed by atoms with Gasteiger partial charge in [-0.3, -0.25) is 5.43 Å². The lowest BCUT2D eigenvalue weighted by Crippen LogP contribution is -2.41. The Kier molecular flexibility index (Phi) is 4.59. The van der Waals surface area contributed by atoms with Gasteiger partial charge in [-0.1, -0.05) is 6.92 Å². The largest absolute Gasteiger partial charge is 0.375 e. The molecule has 0 aromatic heterocycles. The maximum atomic E-state index is 5.09. The van der Waals surface area contributed by atoms with Crippen molar-refractivity contribution in [3.8, 4) is 0 Å². The highest BCUT2D eigenvalue weighted by molar-refractivity contribution is 7.80. The first-order valence-electron chi connectivity index (χ1n) is 2.55. The first kappa shape index (κ1) is 7.65. The number of hydrogen-bond donors (Lipinski definition) is 3. The molecule has 0 saturated carbocycles. The Morgan fingerprint density at radius 2 is 2.38 bits per heavy atom. The van der Waals surface area contributed by atoms with Gasteiger partial charge in [0.2, 0.25) is 0 Å². The summed E-state index contributed by atoms with van der Waals surface area (Å²) in [6.07, 6.45) is 1.07. The smallest absolute Gasteiger partial charge is 0.178 e. The summed E-state index contributed by atoms with van der Waals surface area (Å²) in [6.45, 7) is 2.95. The van der Waals surface area contributed by atoms with Crippen LogP contribution in [0.15, 0.2) is 0 Å². The van der Waals surface area contributed by atoms with E-state index in [0.29, 0.717) is 5.11 Å². The zero-order chi connectivity index (χ0) is 6.41. The van der Waals surface area contributed by atoms with E-state index in [1.165, 1.54) is 0 Å². The van der Waals surface area contributed by atoms with Crippen LogP contribution >= 0.6 is 12.2 Å². The van der Waals surface area contributed by atoms with Gasteiger partial charge in [0.25, 0.3) is 0 Å². The molecule has 4 N–H and O–H groups in total. The normalized spacial score (nSPS) is 8.62. The van der Waals surface area contributed by atoms with E-state index in [1.807, 2.05) is 0 Å². The highest BCUT2D eigenvalue weighted by atomic mass is 32.1. The van der Waals surface area contributed by atoms with Crippen molar-refractivity contribution in [3.05, 3.63) is 0 Å². The third-order valence-corrected chi connectivity index (χ3v) is 0.689. The van der Waals surface area contributed by atoms with Crippen molar-refractivity contribution in [1.29, 1.82) is 0 Å². The molecule has 0 bridgehead atoms. The van der Waals surface area contributed by atoms with Crippen LogP contribution < -0.4 is 16.6 Å². The van der Waals surface area contributed by atoms with Gasteiger partial charge in [0.15, 0.2) is 5.11 Å². The monoisotopic (exact) mass is 133 g/mol. The molecule has 0 radical (unpaired) electrons. The Morgan fingerprint density at radius 3 is 2.75 bits per heavy atom. The Hall–Kier alpha value is -0.350. The predicted molar refractivity (Wildman–Crippen MR) is 38.2 cm³/mol. The van der Waals surface area contributed by atoms with Crippen molar-refractivity contribution in [3.63, 3.8) is 0 Å². The standard InChI is InChI=1S/C4H11N3S/c1-2-3-6-7-4(5)8/h6H,2-3H2,1H3,(H3,5,7,8). The lowest BCUT2D eigenvalue weighted by Gasteiger charge is -2.01. The number of rotatable bonds is 3. The second-order valence-electron chi connectivity index (χ2n) is 1.42. The van der Waals surface area contributed by atoms with E-state index >= 15 is 0 Å². The summed E-state index contributed by atoms with van der Waals surface area (Å²) in [7, 11) is 0. The second kappa shape index (κ2) is 4.80. The molecule has 0 rings (SSSR count). The Balaban J connectivity index is 2.82. The van der Waals surface area contributed by atoms with Crippen molar-refractivity contribution in [2.24, 2.45) is 5.73 Å². The number of nitrogens with two attached hydrogens (primary N) is 1. The van der Waals surface area contributed by atoms with Crippen LogP contribution in [0, 0.1) is 0 Å². The Labute approximate surface area is 54.6 Å². The van der Waals surface area contributed by atoms with Crippen LogP contribution in [0.3, 0.4) is 0 Å². The summed E-state index contributed by atoms with van der Waals surface area (Å²) in [4.78, 5) is 0. The minimum atomic E-state index is 0.290. The summed E-state index contributed by atoms with van der Waals surface area (Å²) < 4.78 is 0. The van der Waals surface area contributed by atoms with Crippen LogP contribution in [-0.2, 0) is 0 Å². The number of hydrogen-bond acceptors (Lipinski definition) is 2. The van der Waals surface area contributed by atoms with E-state index in [-0.39, 0.29) is 0 Å². The zero-order valence-corrected chi connectivity index (χ0v) is 5.72. The number of nitrogens with one attached hydrogen (secondary N) is 2. The summed E-state index contributed by atoms with van der Waals surface area (Å²) >= 11 is 4.51. The summed E-state index contributed by atoms with van der Waals surface area (Å²) in [5.74, 6) is 0. The SMILES string of the molecule is CCCNNC(N)=S. The number of thiocarbonyl (C=S) groups is 1. The molecule has 0 aliphatic carbocycles. The van der Waals surface area contributed by atoms with Crippen LogP contribution in [-0.4, -0.2) is 11.7 Å². The van der Waals surface area contributed by atoms with Crippen LogP contribution in [0.4, 0.5) is 0 Å².